The number of hydrogen-bond acceptors (Lipinski definition) is 3. The molecule has 0 amide bonds. The van der Waals surface area contributed by atoms with Gasteiger partial charge in [-0.2, -0.15) is 4.98 Å². The second-order valence-electron chi connectivity index (χ2n) is 4.57. The number of aliphatic carboxylic acids is 1. The van der Waals surface area contributed by atoms with Crippen molar-refractivity contribution in [1.82, 2.24) is 9.55 Å². The zero-order valence-corrected chi connectivity index (χ0v) is 10.9. The van der Waals surface area contributed by atoms with Crippen molar-refractivity contribution in [2.24, 2.45) is 0 Å². The number of para-hydroxylation sites is 1. The first-order valence-electron chi connectivity index (χ1n) is 6.48. The van der Waals surface area contributed by atoms with Crippen molar-refractivity contribution in [3.8, 4) is 6.01 Å². The number of carboxylic acid groups (broad SMARTS) is 1. The van der Waals surface area contributed by atoms with Crippen LogP contribution < -0.4 is 5.56 Å². The van der Waals surface area contributed by atoms with E-state index in [2.05, 4.69) is 4.98 Å². The highest BCUT2D eigenvalue weighted by molar-refractivity contribution is 5.77. The Morgan fingerprint density at radius 3 is 2.70 bits per heavy atom. The quantitative estimate of drug-likeness (QED) is 0.818. The number of carboxylic acids is 1. The van der Waals surface area contributed by atoms with Crippen LogP contribution in [0.1, 0.15) is 25.7 Å². The Labute approximate surface area is 115 Å². The Kier molecular flexibility index (Phi) is 4.34. The first-order valence-corrected chi connectivity index (χ1v) is 6.48. The molecule has 0 aliphatic carbocycles. The third kappa shape index (κ3) is 3.14. The van der Waals surface area contributed by atoms with E-state index in [1.165, 1.54) is 0 Å². The smallest absolute Gasteiger partial charge is 0.351 e. The largest absolute Gasteiger partial charge is 0.481 e. The fraction of sp³-hybridized carbons (Fsp3) is 0.357. The summed E-state index contributed by atoms with van der Waals surface area (Å²) in [4.78, 5) is 26.4. The molecule has 1 aromatic carbocycles. The predicted octanol–water partition coefficient (Wildman–Crippen LogP) is 2.19. The summed E-state index contributed by atoms with van der Waals surface area (Å²) in [5.41, 5.74) is 0.0726. The minimum atomic E-state index is -0.834. The maximum absolute atomic E-state index is 12.2. The fourth-order valence-electron chi connectivity index (χ4n) is 2.07. The number of nitrogens with zero attached hydrogens (tertiary/aromatic N) is 2. The van der Waals surface area contributed by atoms with Crippen LogP contribution in [0.2, 0.25) is 0 Å². The molecule has 2 rings (SSSR count). The molecule has 6 heteroatoms. The Morgan fingerprint density at radius 2 is 1.95 bits per heavy atom. The Balaban J connectivity index is 2.10. The molecule has 0 spiro atoms. The number of benzene rings is 1. The minimum Gasteiger partial charge on any atom is -0.481 e. The highest BCUT2D eigenvalue weighted by Gasteiger charge is 2.10. The topological polar surface area (TPSA) is 92.1 Å². The van der Waals surface area contributed by atoms with Crippen LogP contribution in [0.5, 0.6) is 6.01 Å². The maximum Gasteiger partial charge on any atom is 0.351 e. The lowest BCUT2D eigenvalue weighted by molar-refractivity contribution is -0.137. The second kappa shape index (κ2) is 6.18. The van der Waals surface area contributed by atoms with Gasteiger partial charge in [-0.25, -0.2) is 5.11 Å². The molecule has 1 heterocycles. The molecule has 0 aliphatic rings. The average molecular weight is 275 g/mol. The SMILES string of the molecule is [O]c1nc2ccccc2c(=O)n1CCCCCC(=O)O. The van der Waals surface area contributed by atoms with E-state index in [0.717, 1.165) is 4.57 Å². The molecule has 1 N–H and O–H groups in total. The lowest BCUT2D eigenvalue weighted by Gasteiger charge is -2.07. The van der Waals surface area contributed by atoms with Gasteiger partial charge in [0.05, 0.1) is 10.9 Å². The van der Waals surface area contributed by atoms with Crippen LogP contribution >= 0.6 is 0 Å². The third-order valence-corrected chi connectivity index (χ3v) is 3.10. The number of rotatable bonds is 6. The molecule has 20 heavy (non-hydrogen) atoms. The molecular weight excluding hydrogens is 260 g/mol. The molecule has 1 aromatic heterocycles. The molecule has 0 saturated carbocycles. The van der Waals surface area contributed by atoms with E-state index in [0.29, 0.717) is 30.2 Å². The van der Waals surface area contributed by atoms with Gasteiger partial charge in [-0.3, -0.25) is 14.2 Å². The average Bonchev–Trinajstić information content (AvgIpc) is 2.41. The molecule has 1 radical (unpaired) electrons. The normalized spacial score (nSPS) is 10.8. The van der Waals surface area contributed by atoms with Crippen LogP contribution in [-0.2, 0) is 16.4 Å². The third-order valence-electron chi connectivity index (χ3n) is 3.10. The molecule has 0 fully saturated rings. The van der Waals surface area contributed by atoms with Crippen LogP contribution in [0.25, 0.3) is 10.9 Å². The summed E-state index contributed by atoms with van der Waals surface area (Å²) in [5.74, 6) is -0.834. The van der Waals surface area contributed by atoms with E-state index in [1.807, 2.05) is 0 Å². The first-order chi connectivity index (χ1) is 9.59. The van der Waals surface area contributed by atoms with Gasteiger partial charge in [-0.05, 0) is 25.0 Å². The highest BCUT2D eigenvalue weighted by Crippen LogP contribution is 2.13. The van der Waals surface area contributed by atoms with Gasteiger partial charge < -0.3 is 5.11 Å². The fourth-order valence-corrected chi connectivity index (χ4v) is 2.07. The summed E-state index contributed by atoms with van der Waals surface area (Å²) in [5, 5.41) is 20.7. The Morgan fingerprint density at radius 1 is 1.20 bits per heavy atom. The Hall–Kier alpha value is -2.37. The van der Waals surface area contributed by atoms with Crippen molar-refractivity contribution in [2.75, 3.05) is 0 Å². The molecular formula is C14H15N2O4. The van der Waals surface area contributed by atoms with Gasteiger partial charge in [0.15, 0.2) is 0 Å². The van der Waals surface area contributed by atoms with E-state index in [-0.39, 0.29) is 18.5 Å². The van der Waals surface area contributed by atoms with Gasteiger partial charge in [0.2, 0.25) is 0 Å². The van der Waals surface area contributed by atoms with Gasteiger partial charge in [-0.1, -0.05) is 18.6 Å². The van der Waals surface area contributed by atoms with Crippen LogP contribution in [0.4, 0.5) is 0 Å². The van der Waals surface area contributed by atoms with Gasteiger partial charge >= 0.3 is 12.0 Å². The molecule has 0 unspecified atom stereocenters. The second-order valence-corrected chi connectivity index (χ2v) is 4.57. The zero-order chi connectivity index (χ0) is 14.5. The molecule has 6 nitrogen and oxygen atoms in total. The summed E-state index contributed by atoms with van der Waals surface area (Å²) in [6, 6.07) is 6.18. The predicted molar refractivity (Wildman–Crippen MR) is 72.2 cm³/mol. The number of fused-ring (bicyclic) bond motifs is 1. The summed E-state index contributed by atoms with van der Waals surface area (Å²) in [6.45, 7) is 0.273. The van der Waals surface area contributed by atoms with E-state index in [1.54, 1.807) is 24.3 Å². The first kappa shape index (κ1) is 14.0. The maximum atomic E-state index is 12.2. The number of carbonyl (C=O) groups is 1. The van der Waals surface area contributed by atoms with Gasteiger partial charge in [0.1, 0.15) is 0 Å². The van der Waals surface area contributed by atoms with Gasteiger partial charge in [0, 0.05) is 13.0 Å². The van der Waals surface area contributed by atoms with Crippen molar-refractivity contribution in [2.45, 2.75) is 32.2 Å². The molecule has 105 valence electrons. The van der Waals surface area contributed by atoms with E-state index in [9.17, 15) is 14.7 Å². The summed E-state index contributed by atoms with van der Waals surface area (Å²) in [6.07, 6.45) is 1.89. The molecule has 2 aromatic rings. The summed E-state index contributed by atoms with van der Waals surface area (Å²) < 4.78 is 1.11. The van der Waals surface area contributed by atoms with Crippen molar-refractivity contribution in [1.29, 1.82) is 0 Å². The Bertz CT molecular complexity index is 678. The molecule has 0 bridgehead atoms. The van der Waals surface area contributed by atoms with Crippen molar-refractivity contribution in [3.63, 3.8) is 0 Å². The monoisotopic (exact) mass is 275 g/mol. The van der Waals surface area contributed by atoms with Gasteiger partial charge in [0.25, 0.3) is 5.56 Å². The van der Waals surface area contributed by atoms with E-state index in [4.69, 9.17) is 5.11 Å². The lowest BCUT2D eigenvalue weighted by atomic mass is 10.2. The van der Waals surface area contributed by atoms with Crippen molar-refractivity contribution < 1.29 is 15.0 Å². The standard InChI is InChI=1S/C14H15N2O4/c17-12(18)8-2-1-5-9-16-13(19)10-6-3-4-7-11(10)15-14(16)20/h3-4,6-7H,1-2,5,8-9H2,(H,17,18). The number of aromatic nitrogens is 2. The zero-order valence-electron chi connectivity index (χ0n) is 10.9. The van der Waals surface area contributed by atoms with Crippen LogP contribution in [0.15, 0.2) is 29.1 Å². The van der Waals surface area contributed by atoms with Crippen LogP contribution in [-0.4, -0.2) is 20.6 Å². The molecule has 0 aliphatic heterocycles. The lowest BCUT2D eigenvalue weighted by Crippen LogP contribution is -2.21. The number of hydrogen-bond donors (Lipinski definition) is 1. The van der Waals surface area contributed by atoms with Crippen molar-refractivity contribution in [3.05, 3.63) is 34.6 Å². The molecule has 0 saturated heterocycles. The van der Waals surface area contributed by atoms with Crippen molar-refractivity contribution >= 4 is 16.9 Å². The van der Waals surface area contributed by atoms with E-state index < -0.39 is 12.0 Å². The van der Waals surface area contributed by atoms with Gasteiger partial charge in [-0.15, -0.1) is 0 Å². The minimum absolute atomic E-state index is 0.106. The molecule has 0 atom stereocenters. The van der Waals surface area contributed by atoms with Crippen LogP contribution in [0, 0.1) is 0 Å². The summed E-state index contributed by atoms with van der Waals surface area (Å²) >= 11 is 0. The van der Waals surface area contributed by atoms with E-state index >= 15 is 0 Å². The summed E-state index contributed by atoms with van der Waals surface area (Å²) in [7, 11) is 0. The number of unbranched alkanes of at least 4 members (excludes halogenated alkanes) is 2. The van der Waals surface area contributed by atoms with Crippen LogP contribution in [0.3, 0.4) is 0 Å². The highest BCUT2D eigenvalue weighted by atomic mass is 16.4.